The lowest BCUT2D eigenvalue weighted by Crippen LogP contribution is -2.26. The minimum atomic E-state index is -3.70. The van der Waals surface area contributed by atoms with Crippen LogP contribution in [-0.2, 0) is 16.4 Å². The maximum absolute atomic E-state index is 13.4. The van der Waals surface area contributed by atoms with Gasteiger partial charge in [0.2, 0.25) is 10.0 Å². The molecule has 0 spiro atoms. The lowest BCUT2D eigenvalue weighted by atomic mass is 10.2. The van der Waals surface area contributed by atoms with Crippen LogP contribution in [0.2, 0.25) is 0 Å². The number of halogens is 1. The molecule has 0 bridgehead atoms. The van der Waals surface area contributed by atoms with Gasteiger partial charge in [-0.05, 0) is 24.6 Å². The first-order valence-corrected chi connectivity index (χ1v) is 8.20. The van der Waals surface area contributed by atoms with Gasteiger partial charge in [-0.3, -0.25) is 0 Å². The highest BCUT2D eigenvalue weighted by Crippen LogP contribution is 2.20. The van der Waals surface area contributed by atoms with E-state index in [9.17, 15) is 12.8 Å². The maximum Gasteiger partial charge on any atom is 0.240 e. The van der Waals surface area contributed by atoms with E-state index in [1.165, 1.54) is 24.3 Å². The van der Waals surface area contributed by atoms with Crippen LogP contribution in [-0.4, -0.2) is 19.9 Å². The molecule has 20 heavy (non-hydrogen) atoms. The van der Waals surface area contributed by atoms with Gasteiger partial charge in [0.1, 0.15) is 5.82 Å². The Balaban J connectivity index is 2.10. The Labute approximate surface area is 120 Å². The maximum atomic E-state index is 13.4. The molecule has 0 fully saturated rings. The van der Waals surface area contributed by atoms with Gasteiger partial charge >= 0.3 is 0 Å². The molecule has 1 aromatic carbocycles. The zero-order valence-corrected chi connectivity index (χ0v) is 12.4. The summed E-state index contributed by atoms with van der Waals surface area (Å²) in [4.78, 5) is 4.03. The van der Waals surface area contributed by atoms with Crippen molar-refractivity contribution in [2.45, 2.75) is 18.2 Å². The standard InChI is InChI=1S/C12H14FN3O2S2/c1-8-6-9(7-10(14)12(8)13)20(17,18)16-3-2-11-15-4-5-19-11/h4-7,16H,2-3,14H2,1H3. The Bertz CT molecular complexity index is 676. The molecule has 0 saturated heterocycles. The van der Waals surface area contributed by atoms with E-state index in [2.05, 4.69) is 9.71 Å². The molecule has 2 aromatic rings. The van der Waals surface area contributed by atoms with Crippen LogP contribution in [0.25, 0.3) is 0 Å². The number of nitrogens with zero attached hydrogens (tertiary/aromatic N) is 1. The average molecular weight is 315 g/mol. The summed E-state index contributed by atoms with van der Waals surface area (Å²) in [5.41, 5.74) is 5.47. The number of hydrogen-bond acceptors (Lipinski definition) is 5. The molecule has 2 rings (SSSR count). The highest BCUT2D eigenvalue weighted by molar-refractivity contribution is 7.89. The molecule has 0 aliphatic carbocycles. The molecule has 0 radical (unpaired) electrons. The zero-order valence-electron chi connectivity index (χ0n) is 10.8. The van der Waals surface area contributed by atoms with E-state index in [1.54, 1.807) is 6.20 Å². The highest BCUT2D eigenvalue weighted by atomic mass is 32.2. The fourth-order valence-electron chi connectivity index (χ4n) is 1.67. The molecule has 0 aliphatic rings. The number of benzene rings is 1. The molecule has 1 aromatic heterocycles. The third kappa shape index (κ3) is 3.33. The number of sulfonamides is 1. The second kappa shape index (κ2) is 5.86. The van der Waals surface area contributed by atoms with Gasteiger partial charge in [0.05, 0.1) is 15.6 Å². The molecule has 3 N–H and O–H groups in total. The number of hydrogen-bond donors (Lipinski definition) is 2. The van der Waals surface area contributed by atoms with Crippen LogP contribution in [0.1, 0.15) is 10.6 Å². The number of rotatable bonds is 5. The molecule has 108 valence electrons. The van der Waals surface area contributed by atoms with Crippen molar-refractivity contribution in [2.75, 3.05) is 12.3 Å². The zero-order chi connectivity index (χ0) is 14.8. The van der Waals surface area contributed by atoms with E-state index >= 15 is 0 Å². The van der Waals surface area contributed by atoms with Gasteiger partial charge in [-0.1, -0.05) is 0 Å². The molecule has 0 aliphatic heterocycles. The third-order valence-corrected chi connectivity index (χ3v) is 4.96. The molecule has 0 amide bonds. The van der Waals surface area contributed by atoms with Gasteiger partial charge in [-0.15, -0.1) is 11.3 Å². The molecular formula is C12H14FN3O2S2. The fourth-order valence-corrected chi connectivity index (χ4v) is 3.44. The minimum Gasteiger partial charge on any atom is -0.396 e. The predicted molar refractivity (Wildman–Crippen MR) is 76.6 cm³/mol. The number of aromatic nitrogens is 1. The van der Waals surface area contributed by atoms with E-state index in [0.29, 0.717) is 6.42 Å². The number of aryl methyl sites for hydroxylation is 1. The van der Waals surface area contributed by atoms with E-state index in [-0.39, 0.29) is 22.7 Å². The Hall–Kier alpha value is -1.51. The first-order valence-electron chi connectivity index (χ1n) is 5.84. The van der Waals surface area contributed by atoms with Gasteiger partial charge in [0.25, 0.3) is 0 Å². The Morgan fingerprint density at radius 1 is 1.45 bits per heavy atom. The summed E-state index contributed by atoms with van der Waals surface area (Å²) < 4.78 is 40.0. The molecular weight excluding hydrogens is 301 g/mol. The van der Waals surface area contributed by atoms with Crippen LogP contribution in [0.5, 0.6) is 0 Å². The summed E-state index contributed by atoms with van der Waals surface area (Å²) in [6.45, 7) is 1.70. The van der Waals surface area contributed by atoms with Crippen LogP contribution >= 0.6 is 11.3 Å². The van der Waals surface area contributed by atoms with Crippen molar-refractivity contribution < 1.29 is 12.8 Å². The van der Waals surface area contributed by atoms with Crippen LogP contribution in [0.15, 0.2) is 28.6 Å². The lowest BCUT2D eigenvalue weighted by Gasteiger charge is -2.09. The Morgan fingerprint density at radius 2 is 2.20 bits per heavy atom. The summed E-state index contributed by atoms with van der Waals surface area (Å²) >= 11 is 1.46. The molecule has 0 saturated carbocycles. The smallest absolute Gasteiger partial charge is 0.240 e. The van der Waals surface area contributed by atoms with Crippen molar-refractivity contribution in [3.63, 3.8) is 0 Å². The van der Waals surface area contributed by atoms with E-state index in [0.717, 1.165) is 11.1 Å². The average Bonchev–Trinajstić information content (AvgIpc) is 2.88. The summed E-state index contributed by atoms with van der Waals surface area (Å²) in [6.07, 6.45) is 2.17. The monoisotopic (exact) mass is 315 g/mol. The number of nitrogens with one attached hydrogen (secondary N) is 1. The van der Waals surface area contributed by atoms with Crippen molar-refractivity contribution >= 4 is 27.0 Å². The fraction of sp³-hybridized carbons (Fsp3) is 0.250. The molecule has 5 nitrogen and oxygen atoms in total. The summed E-state index contributed by atoms with van der Waals surface area (Å²) in [7, 11) is -3.70. The van der Waals surface area contributed by atoms with Crippen molar-refractivity contribution in [2.24, 2.45) is 0 Å². The number of anilines is 1. The Morgan fingerprint density at radius 3 is 2.80 bits per heavy atom. The summed E-state index contributed by atoms with van der Waals surface area (Å²) in [5.74, 6) is -0.591. The number of thiazole rings is 1. The molecule has 0 unspecified atom stereocenters. The SMILES string of the molecule is Cc1cc(S(=O)(=O)NCCc2nccs2)cc(N)c1F. The van der Waals surface area contributed by atoms with Crippen molar-refractivity contribution in [3.05, 3.63) is 40.1 Å². The van der Waals surface area contributed by atoms with E-state index in [1.807, 2.05) is 5.38 Å². The van der Waals surface area contributed by atoms with Crippen LogP contribution in [0.3, 0.4) is 0 Å². The van der Waals surface area contributed by atoms with Gasteiger partial charge in [0.15, 0.2) is 0 Å². The van der Waals surface area contributed by atoms with Crippen molar-refractivity contribution in [1.82, 2.24) is 9.71 Å². The van der Waals surface area contributed by atoms with Crippen LogP contribution in [0, 0.1) is 12.7 Å². The first-order chi connectivity index (χ1) is 9.40. The van der Waals surface area contributed by atoms with E-state index < -0.39 is 15.8 Å². The number of nitrogens with two attached hydrogens (primary N) is 1. The van der Waals surface area contributed by atoms with Gasteiger partial charge in [-0.2, -0.15) is 0 Å². The molecule has 0 atom stereocenters. The van der Waals surface area contributed by atoms with E-state index in [4.69, 9.17) is 5.73 Å². The molecule has 1 heterocycles. The third-order valence-electron chi connectivity index (χ3n) is 2.68. The lowest BCUT2D eigenvalue weighted by molar-refractivity contribution is 0.580. The predicted octanol–water partition coefficient (Wildman–Crippen LogP) is 1.69. The van der Waals surface area contributed by atoms with Crippen molar-refractivity contribution in [3.8, 4) is 0 Å². The second-order valence-corrected chi connectivity index (χ2v) is 6.96. The number of nitrogen functional groups attached to an aromatic ring is 1. The minimum absolute atomic E-state index is 0.0342. The largest absolute Gasteiger partial charge is 0.396 e. The quantitative estimate of drug-likeness (QED) is 0.822. The van der Waals surface area contributed by atoms with Crippen LogP contribution < -0.4 is 10.5 Å². The Kier molecular flexibility index (Phi) is 4.36. The van der Waals surface area contributed by atoms with Gasteiger partial charge < -0.3 is 5.73 Å². The second-order valence-electron chi connectivity index (χ2n) is 4.22. The highest BCUT2D eigenvalue weighted by Gasteiger charge is 2.17. The topological polar surface area (TPSA) is 85.1 Å². The van der Waals surface area contributed by atoms with Crippen molar-refractivity contribution in [1.29, 1.82) is 0 Å². The van der Waals surface area contributed by atoms with Gasteiger partial charge in [-0.25, -0.2) is 22.5 Å². The summed E-state index contributed by atoms with van der Waals surface area (Å²) in [6, 6.07) is 2.38. The summed E-state index contributed by atoms with van der Waals surface area (Å²) in [5, 5.41) is 2.68. The molecule has 8 heteroatoms. The first kappa shape index (κ1) is 14.9. The van der Waals surface area contributed by atoms with Gasteiger partial charge in [0, 0.05) is 24.5 Å². The normalized spacial score (nSPS) is 11.7. The van der Waals surface area contributed by atoms with Crippen LogP contribution in [0.4, 0.5) is 10.1 Å².